The van der Waals surface area contributed by atoms with Gasteiger partial charge in [0.25, 0.3) is 10.0 Å². The molecule has 1 aromatic heterocycles. The number of imidazole rings is 1. The standard InChI is InChI=1S/C19H21N3O2S/c1-22-14-19(20-15-22)25(23,24)21-13-12-18(16-8-4-2-5-9-16)17-10-6-3-7-11-17/h2-11,14-15,18,21H,12-13H2,1H3. The first kappa shape index (κ1) is 17.4. The second kappa shape index (κ2) is 7.63. The maximum absolute atomic E-state index is 12.3. The molecule has 0 spiro atoms. The van der Waals surface area contributed by atoms with E-state index in [1.54, 1.807) is 11.6 Å². The molecule has 0 aliphatic heterocycles. The lowest BCUT2D eigenvalue weighted by molar-refractivity contribution is 0.572. The number of nitrogens with zero attached hydrogens (tertiary/aromatic N) is 2. The fourth-order valence-electron chi connectivity index (χ4n) is 2.84. The highest BCUT2D eigenvalue weighted by Gasteiger charge is 2.19. The molecule has 0 saturated carbocycles. The van der Waals surface area contributed by atoms with E-state index in [1.807, 2.05) is 36.4 Å². The lowest BCUT2D eigenvalue weighted by Gasteiger charge is -2.18. The summed E-state index contributed by atoms with van der Waals surface area (Å²) in [6.45, 7) is 0.341. The van der Waals surface area contributed by atoms with Crippen molar-refractivity contribution < 1.29 is 8.42 Å². The van der Waals surface area contributed by atoms with Crippen molar-refractivity contribution in [3.8, 4) is 0 Å². The van der Waals surface area contributed by atoms with Crippen molar-refractivity contribution in [2.75, 3.05) is 6.54 Å². The zero-order valence-corrected chi connectivity index (χ0v) is 14.9. The van der Waals surface area contributed by atoms with Crippen molar-refractivity contribution in [1.82, 2.24) is 14.3 Å². The molecule has 5 nitrogen and oxygen atoms in total. The van der Waals surface area contributed by atoms with Crippen LogP contribution in [0.25, 0.3) is 0 Å². The average Bonchev–Trinajstić information content (AvgIpc) is 3.08. The molecule has 6 heteroatoms. The molecule has 0 bridgehead atoms. The van der Waals surface area contributed by atoms with Crippen molar-refractivity contribution in [1.29, 1.82) is 0 Å². The van der Waals surface area contributed by atoms with Gasteiger partial charge in [-0.3, -0.25) is 0 Å². The Bertz CT molecular complexity index is 867. The predicted octanol–water partition coefficient (Wildman–Crippen LogP) is 2.92. The summed E-state index contributed by atoms with van der Waals surface area (Å²) in [5.74, 6) is 0.133. The fourth-order valence-corrected chi connectivity index (χ4v) is 3.86. The lowest BCUT2D eigenvalue weighted by atomic mass is 9.89. The van der Waals surface area contributed by atoms with Crippen LogP contribution < -0.4 is 4.72 Å². The van der Waals surface area contributed by atoms with Gasteiger partial charge < -0.3 is 4.57 Å². The van der Waals surface area contributed by atoms with E-state index in [9.17, 15) is 8.42 Å². The number of benzene rings is 2. The van der Waals surface area contributed by atoms with Gasteiger partial charge >= 0.3 is 0 Å². The smallest absolute Gasteiger partial charge is 0.259 e. The van der Waals surface area contributed by atoms with Gasteiger partial charge in [-0.2, -0.15) is 0 Å². The summed E-state index contributed by atoms with van der Waals surface area (Å²) >= 11 is 0. The first-order valence-electron chi connectivity index (χ1n) is 8.14. The van der Waals surface area contributed by atoms with E-state index < -0.39 is 10.0 Å². The Morgan fingerprint density at radius 1 is 1.00 bits per heavy atom. The van der Waals surface area contributed by atoms with Crippen LogP contribution in [0.3, 0.4) is 0 Å². The largest absolute Gasteiger partial charge is 0.339 e. The zero-order chi connectivity index (χ0) is 17.7. The highest BCUT2D eigenvalue weighted by molar-refractivity contribution is 7.89. The summed E-state index contributed by atoms with van der Waals surface area (Å²) in [6.07, 6.45) is 3.64. The minimum absolute atomic E-state index is 0.0472. The lowest BCUT2D eigenvalue weighted by Crippen LogP contribution is -2.26. The highest BCUT2D eigenvalue weighted by Crippen LogP contribution is 2.27. The molecule has 0 atom stereocenters. The van der Waals surface area contributed by atoms with Crippen LogP contribution >= 0.6 is 0 Å². The van der Waals surface area contributed by atoms with Gasteiger partial charge in [-0.1, -0.05) is 60.7 Å². The molecular weight excluding hydrogens is 334 g/mol. The van der Waals surface area contributed by atoms with Gasteiger partial charge in [0.1, 0.15) is 0 Å². The van der Waals surface area contributed by atoms with Gasteiger partial charge in [-0.15, -0.1) is 0 Å². The van der Waals surface area contributed by atoms with Crippen LogP contribution in [0.15, 0.2) is 78.2 Å². The summed E-state index contributed by atoms with van der Waals surface area (Å²) in [7, 11) is -1.84. The molecule has 0 saturated heterocycles. The maximum atomic E-state index is 12.3. The first-order valence-corrected chi connectivity index (χ1v) is 9.62. The second-order valence-electron chi connectivity index (χ2n) is 5.94. The molecule has 3 aromatic rings. The topological polar surface area (TPSA) is 64.0 Å². The van der Waals surface area contributed by atoms with Crippen molar-refractivity contribution in [2.24, 2.45) is 7.05 Å². The number of aryl methyl sites for hydroxylation is 1. The third-order valence-electron chi connectivity index (χ3n) is 4.09. The van der Waals surface area contributed by atoms with E-state index in [4.69, 9.17) is 0 Å². The van der Waals surface area contributed by atoms with Crippen LogP contribution in [0.1, 0.15) is 23.5 Å². The highest BCUT2D eigenvalue weighted by atomic mass is 32.2. The van der Waals surface area contributed by atoms with E-state index in [1.165, 1.54) is 23.7 Å². The number of rotatable bonds is 7. The Hall–Kier alpha value is -2.44. The van der Waals surface area contributed by atoms with Gasteiger partial charge in [-0.05, 0) is 17.5 Å². The Balaban J connectivity index is 1.74. The Morgan fingerprint density at radius 2 is 1.56 bits per heavy atom. The van der Waals surface area contributed by atoms with Gasteiger partial charge in [0.05, 0.1) is 6.33 Å². The molecule has 130 valence electrons. The Kier molecular flexibility index (Phi) is 5.31. The first-order chi connectivity index (χ1) is 12.1. The number of hydrogen-bond donors (Lipinski definition) is 1. The molecule has 2 aromatic carbocycles. The molecule has 0 aliphatic rings. The fraction of sp³-hybridized carbons (Fsp3) is 0.211. The summed E-state index contributed by atoms with van der Waals surface area (Å²) in [5, 5.41) is 0.0472. The van der Waals surface area contributed by atoms with Gasteiger partial charge in [0, 0.05) is 25.7 Å². The molecule has 3 rings (SSSR count). The van der Waals surface area contributed by atoms with Crippen molar-refractivity contribution in [3.63, 3.8) is 0 Å². The van der Waals surface area contributed by atoms with E-state index in [0.717, 1.165) is 0 Å². The maximum Gasteiger partial charge on any atom is 0.259 e. The third kappa shape index (κ3) is 4.35. The van der Waals surface area contributed by atoms with Crippen molar-refractivity contribution >= 4 is 10.0 Å². The van der Waals surface area contributed by atoms with Crippen LogP contribution in [-0.4, -0.2) is 24.5 Å². The molecule has 0 radical (unpaired) electrons. The normalized spacial score (nSPS) is 11.8. The molecule has 0 aliphatic carbocycles. The summed E-state index contributed by atoms with van der Waals surface area (Å²) in [6, 6.07) is 20.3. The molecule has 0 amide bonds. The van der Waals surface area contributed by atoms with Crippen LogP contribution in [0.4, 0.5) is 0 Å². The van der Waals surface area contributed by atoms with E-state index in [-0.39, 0.29) is 10.9 Å². The van der Waals surface area contributed by atoms with Crippen LogP contribution in [0, 0.1) is 0 Å². The number of hydrogen-bond acceptors (Lipinski definition) is 3. The third-order valence-corrected chi connectivity index (χ3v) is 5.43. The molecule has 0 fully saturated rings. The Morgan fingerprint density at radius 3 is 2.04 bits per heavy atom. The van der Waals surface area contributed by atoms with Crippen LogP contribution in [-0.2, 0) is 17.1 Å². The van der Waals surface area contributed by atoms with E-state index >= 15 is 0 Å². The monoisotopic (exact) mass is 355 g/mol. The number of sulfonamides is 1. The van der Waals surface area contributed by atoms with Crippen LogP contribution in [0.2, 0.25) is 0 Å². The second-order valence-corrected chi connectivity index (χ2v) is 7.65. The van der Waals surface area contributed by atoms with Gasteiger partial charge in [-0.25, -0.2) is 18.1 Å². The minimum Gasteiger partial charge on any atom is -0.339 e. The zero-order valence-electron chi connectivity index (χ0n) is 14.0. The van der Waals surface area contributed by atoms with Gasteiger partial charge in [0.15, 0.2) is 5.03 Å². The molecule has 1 N–H and O–H groups in total. The van der Waals surface area contributed by atoms with E-state index in [2.05, 4.69) is 34.0 Å². The molecule has 0 unspecified atom stereocenters. The average molecular weight is 355 g/mol. The van der Waals surface area contributed by atoms with Crippen molar-refractivity contribution in [3.05, 3.63) is 84.3 Å². The predicted molar refractivity (Wildman–Crippen MR) is 97.7 cm³/mol. The Labute approximate surface area is 148 Å². The molecule has 25 heavy (non-hydrogen) atoms. The van der Waals surface area contributed by atoms with Gasteiger partial charge in [0.2, 0.25) is 0 Å². The number of nitrogens with one attached hydrogen (secondary N) is 1. The van der Waals surface area contributed by atoms with E-state index in [0.29, 0.717) is 13.0 Å². The number of aromatic nitrogens is 2. The van der Waals surface area contributed by atoms with Crippen LogP contribution in [0.5, 0.6) is 0 Å². The minimum atomic E-state index is -3.58. The SMILES string of the molecule is Cn1cnc(S(=O)(=O)NCCC(c2ccccc2)c2ccccc2)c1. The van der Waals surface area contributed by atoms with Crippen molar-refractivity contribution in [2.45, 2.75) is 17.4 Å². The molecule has 1 heterocycles. The quantitative estimate of drug-likeness (QED) is 0.709. The summed E-state index contributed by atoms with van der Waals surface area (Å²) in [5.41, 5.74) is 2.34. The summed E-state index contributed by atoms with van der Waals surface area (Å²) < 4.78 is 28.9. The summed E-state index contributed by atoms with van der Waals surface area (Å²) in [4.78, 5) is 3.91. The molecular formula is C19H21N3O2S.